The van der Waals surface area contributed by atoms with Gasteiger partial charge in [0.25, 0.3) is 0 Å². The molecule has 1 aliphatic carbocycles. The maximum absolute atomic E-state index is 11.4. The van der Waals surface area contributed by atoms with Crippen LogP contribution in [0.3, 0.4) is 0 Å². The molecule has 6 nitrogen and oxygen atoms in total. The molecule has 0 N–H and O–H groups in total. The highest BCUT2D eigenvalue weighted by atomic mass is 16.5. The van der Waals surface area contributed by atoms with Crippen LogP contribution < -0.4 is 9.47 Å². The van der Waals surface area contributed by atoms with E-state index in [4.69, 9.17) is 9.47 Å². The Balaban J connectivity index is 1.79. The van der Waals surface area contributed by atoms with Crippen molar-refractivity contribution in [1.82, 2.24) is 0 Å². The molecule has 0 atom stereocenters. The van der Waals surface area contributed by atoms with Gasteiger partial charge in [0.2, 0.25) is 0 Å². The summed E-state index contributed by atoms with van der Waals surface area (Å²) in [6, 6.07) is 6.52. The van der Waals surface area contributed by atoms with Crippen molar-refractivity contribution in [2.45, 2.75) is 13.8 Å². The van der Waals surface area contributed by atoms with E-state index in [1.165, 1.54) is 0 Å². The number of rotatable bonds is 8. The summed E-state index contributed by atoms with van der Waals surface area (Å²) in [7, 11) is 0. The monoisotopic (exact) mass is 402 g/mol. The van der Waals surface area contributed by atoms with Gasteiger partial charge in [-0.3, -0.25) is 19.2 Å². The van der Waals surface area contributed by atoms with Crippen molar-refractivity contribution in [1.29, 1.82) is 0 Å². The van der Waals surface area contributed by atoms with E-state index < -0.39 is 0 Å². The maximum Gasteiger partial charge on any atom is 0.192 e. The molecule has 0 heterocycles. The molecular formula is C24H18O6. The Hall–Kier alpha value is -3.80. The number of carbonyl (C=O) groups is 4. The summed E-state index contributed by atoms with van der Waals surface area (Å²) in [4.78, 5) is 45.5. The predicted molar refractivity (Wildman–Crippen MR) is 110 cm³/mol. The first-order chi connectivity index (χ1) is 14.5. The number of hydrogen-bond donors (Lipinski definition) is 0. The van der Waals surface area contributed by atoms with E-state index in [0.717, 1.165) is 11.1 Å². The first kappa shape index (κ1) is 20.9. The van der Waals surface area contributed by atoms with Crippen molar-refractivity contribution in [3.63, 3.8) is 0 Å². The van der Waals surface area contributed by atoms with Crippen molar-refractivity contribution < 1.29 is 28.7 Å². The van der Waals surface area contributed by atoms with Crippen molar-refractivity contribution in [3.8, 4) is 11.5 Å². The summed E-state index contributed by atoms with van der Waals surface area (Å²) in [5.41, 5.74) is 2.61. The molecule has 2 aromatic rings. The highest BCUT2D eigenvalue weighted by Gasteiger charge is 2.20. The minimum Gasteiger partial charge on any atom is -0.473 e. The summed E-state index contributed by atoms with van der Waals surface area (Å²) in [6.45, 7) is 3.56. The van der Waals surface area contributed by atoms with Crippen molar-refractivity contribution in [3.05, 3.63) is 94.2 Å². The lowest BCUT2D eigenvalue weighted by atomic mass is 10.0. The van der Waals surface area contributed by atoms with Crippen LogP contribution in [-0.2, 0) is 0 Å². The molecule has 0 amide bonds. The molecule has 0 aliphatic heterocycles. The van der Waals surface area contributed by atoms with Gasteiger partial charge in [0.15, 0.2) is 37.4 Å². The van der Waals surface area contributed by atoms with E-state index in [-0.39, 0.29) is 33.8 Å². The third kappa shape index (κ3) is 4.43. The van der Waals surface area contributed by atoms with E-state index in [9.17, 15) is 19.2 Å². The molecule has 0 saturated heterocycles. The summed E-state index contributed by atoms with van der Waals surface area (Å²) < 4.78 is 11.5. The fraction of sp³-hybridized carbons (Fsp3) is 0.0833. The van der Waals surface area contributed by atoms with Crippen LogP contribution in [0.15, 0.2) is 48.6 Å². The minimum atomic E-state index is 0.171. The van der Waals surface area contributed by atoms with Gasteiger partial charge in [0, 0.05) is 0 Å². The average Bonchev–Trinajstić information content (AvgIpc) is 2.76. The molecule has 0 spiro atoms. The van der Waals surface area contributed by atoms with Crippen molar-refractivity contribution in [2.75, 3.05) is 0 Å². The lowest BCUT2D eigenvalue weighted by molar-refractivity contribution is 0.110. The number of hydrogen-bond acceptors (Lipinski definition) is 6. The molecule has 0 saturated carbocycles. The molecule has 0 fully saturated rings. The average molecular weight is 402 g/mol. The Bertz CT molecular complexity index is 908. The molecule has 2 radical (unpaired) electrons. The molecule has 0 bridgehead atoms. The zero-order valence-corrected chi connectivity index (χ0v) is 16.4. The normalized spacial score (nSPS) is 13.7. The van der Waals surface area contributed by atoms with Crippen LogP contribution in [0, 0.1) is 26.1 Å². The zero-order valence-electron chi connectivity index (χ0n) is 16.4. The Labute approximate surface area is 173 Å². The van der Waals surface area contributed by atoms with Crippen LogP contribution in [0.4, 0.5) is 0 Å². The Kier molecular flexibility index (Phi) is 6.37. The number of benzene rings is 2. The number of carbonyl (C=O) groups excluding carboxylic acids is 4. The topological polar surface area (TPSA) is 86.7 Å². The summed E-state index contributed by atoms with van der Waals surface area (Å²) >= 11 is 0. The van der Waals surface area contributed by atoms with Gasteiger partial charge >= 0.3 is 0 Å². The van der Waals surface area contributed by atoms with Gasteiger partial charge in [-0.25, -0.2) is 0 Å². The molecule has 1 aliphatic rings. The fourth-order valence-corrected chi connectivity index (χ4v) is 3.06. The van der Waals surface area contributed by atoms with E-state index >= 15 is 0 Å². The second kappa shape index (κ2) is 9.13. The van der Waals surface area contributed by atoms with E-state index in [0.29, 0.717) is 37.4 Å². The van der Waals surface area contributed by atoms with Gasteiger partial charge < -0.3 is 9.47 Å². The van der Waals surface area contributed by atoms with Crippen LogP contribution in [0.2, 0.25) is 0 Å². The Morgan fingerprint density at radius 1 is 0.533 bits per heavy atom. The van der Waals surface area contributed by atoms with E-state index in [2.05, 4.69) is 0 Å². The van der Waals surface area contributed by atoms with Gasteiger partial charge in [-0.1, -0.05) is 0 Å². The number of aryl methyl sites for hydroxylation is 2. The molecule has 0 unspecified atom stereocenters. The lowest BCUT2D eigenvalue weighted by Crippen LogP contribution is -2.12. The maximum atomic E-state index is 11.4. The van der Waals surface area contributed by atoms with Crippen molar-refractivity contribution in [2.24, 2.45) is 0 Å². The number of aldehydes is 4. The SMILES string of the molecule is Cc1cc(C=O)c(O[C]2C=C[C](Oc3c(C=O)cc(C)cc3C=O)C=C2)c(C=O)c1. The molecule has 150 valence electrons. The smallest absolute Gasteiger partial charge is 0.192 e. The molecule has 3 rings (SSSR count). The third-order valence-electron chi connectivity index (χ3n) is 4.35. The summed E-state index contributed by atoms with van der Waals surface area (Å²) in [5.74, 6) is 0.341. The Morgan fingerprint density at radius 2 is 0.800 bits per heavy atom. The second-order valence-electron chi connectivity index (χ2n) is 6.69. The van der Waals surface area contributed by atoms with Gasteiger partial charge in [0.05, 0.1) is 22.3 Å². The quantitative estimate of drug-likeness (QED) is 0.615. The molecule has 30 heavy (non-hydrogen) atoms. The largest absolute Gasteiger partial charge is 0.473 e. The molecule has 0 aromatic heterocycles. The van der Waals surface area contributed by atoms with Crippen LogP contribution in [0.1, 0.15) is 52.6 Å². The standard InChI is InChI=1S/C24H18O6/c1-15-7-17(11-25)23(18(8-15)12-26)29-21-3-5-22(6-4-21)30-24-19(13-27)9-16(2)10-20(24)14-28/h3-14H,1-2H3. The molecular weight excluding hydrogens is 384 g/mol. The third-order valence-corrected chi connectivity index (χ3v) is 4.35. The molecule has 2 aromatic carbocycles. The van der Waals surface area contributed by atoms with Gasteiger partial charge in [0.1, 0.15) is 11.5 Å². The van der Waals surface area contributed by atoms with Gasteiger partial charge in [-0.2, -0.15) is 0 Å². The lowest BCUT2D eigenvalue weighted by Gasteiger charge is -2.20. The Morgan fingerprint density at radius 3 is 1.03 bits per heavy atom. The van der Waals surface area contributed by atoms with Gasteiger partial charge in [-0.05, 0) is 73.5 Å². The van der Waals surface area contributed by atoms with Crippen LogP contribution in [0.5, 0.6) is 11.5 Å². The highest BCUT2D eigenvalue weighted by Crippen LogP contribution is 2.31. The van der Waals surface area contributed by atoms with E-state index in [1.807, 2.05) is 0 Å². The molecule has 6 heteroatoms. The second-order valence-corrected chi connectivity index (χ2v) is 6.69. The van der Waals surface area contributed by atoms with Crippen LogP contribution >= 0.6 is 0 Å². The first-order valence-corrected chi connectivity index (χ1v) is 9.04. The van der Waals surface area contributed by atoms with Crippen molar-refractivity contribution >= 4 is 25.1 Å². The first-order valence-electron chi connectivity index (χ1n) is 9.04. The zero-order chi connectivity index (χ0) is 21.7. The van der Waals surface area contributed by atoms with E-state index in [1.54, 1.807) is 62.4 Å². The van der Waals surface area contributed by atoms with Gasteiger partial charge in [-0.15, -0.1) is 0 Å². The predicted octanol–water partition coefficient (Wildman–Crippen LogP) is 4.20. The minimum absolute atomic E-state index is 0.171. The fourth-order valence-electron chi connectivity index (χ4n) is 3.06. The summed E-state index contributed by atoms with van der Waals surface area (Å²) in [5, 5.41) is 0. The highest BCUT2D eigenvalue weighted by molar-refractivity contribution is 5.90. The number of ether oxygens (including phenoxy) is 2. The summed E-state index contributed by atoms with van der Waals surface area (Å²) in [6.07, 6.45) is 9.65. The van der Waals surface area contributed by atoms with Crippen LogP contribution in [-0.4, -0.2) is 25.1 Å². The van der Waals surface area contributed by atoms with Crippen LogP contribution in [0.25, 0.3) is 0 Å².